The van der Waals surface area contributed by atoms with Crippen LogP contribution in [-0.4, -0.2) is 13.7 Å². The van der Waals surface area contributed by atoms with Crippen molar-refractivity contribution in [2.75, 3.05) is 13.7 Å². The van der Waals surface area contributed by atoms with E-state index in [4.69, 9.17) is 4.74 Å². The summed E-state index contributed by atoms with van der Waals surface area (Å²) in [6.45, 7) is 5.43. The lowest BCUT2D eigenvalue weighted by Crippen LogP contribution is -2.23. The van der Waals surface area contributed by atoms with E-state index in [9.17, 15) is 0 Å². The average Bonchev–Trinajstić information content (AvgIpc) is 2.96. The summed E-state index contributed by atoms with van der Waals surface area (Å²) in [4.78, 5) is 1.43. The lowest BCUT2D eigenvalue weighted by molar-refractivity contribution is 0.413. The van der Waals surface area contributed by atoms with Gasteiger partial charge in [-0.1, -0.05) is 26.0 Å². The average molecular weight is 289 g/mol. The summed E-state index contributed by atoms with van der Waals surface area (Å²) in [5.74, 6) is 0.917. The fourth-order valence-electron chi connectivity index (χ4n) is 2.36. The Balaban J connectivity index is 2.36. The maximum Gasteiger partial charge on any atom is 0.119 e. The SMILES string of the molecule is CCCNC(c1cccc(OC)c1)c1sccc1CC. The van der Waals surface area contributed by atoms with Crippen molar-refractivity contribution < 1.29 is 4.74 Å². The number of hydrogen-bond donors (Lipinski definition) is 1. The van der Waals surface area contributed by atoms with Crippen LogP contribution in [0.3, 0.4) is 0 Å². The van der Waals surface area contributed by atoms with Crippen LogP contribution in [0.2, 0.25) is 0 Å². The van der Waals surface area contributed by atoms with Gasteiger partial charge in [-0.15, -0.1) is 11.3 Å². The minimum Gasteiger partial charge on any atom is -0.497 e. The van der Waals surface area contributed by atoms with E-state index in [1.54, 1.807) is 7.11 Å². The number of methoxy groups -OCH3 is 1. The van der Waals surface area contributed by atoms with E-state index in [0.717, 1.165) is 25.1 Å². The zero-order valence-electron chi connectivity index (χ0n) is 12.5. The van der Waals surface area contributed by atoms with Crippen LogP contribution >= 0.6 is 11.3 Å². The Morgan fingerprint density at radius 3 is 2.80 bits per heavy atom. The number of nitrogens with one attached hydrogen (secondary N) is 1. The third-order valence-electron chi connectivity index (χ3n) is 3.45. The van der Waals surface area contributed by atoms with Crippen LogP contribution in [0.1, 0.15) is 42.3 Å². The number of rotatable bonds is 7. The molecule has 0 saturated heterocycles. The molecule has 1 aromatic heterocycles. The summed E-state index contributed by atoms with van der Waals surface area (Å²) in [6.07, 6.45) is 2.21. The standard InChI is InChI=1S/C17H23NOS/c1-4-10-18-16(17-13(5-2)9-11-20-17)14-7-6-8-15(12-14)19-3/h6-9,11-12,16,18H,4-5,10H2,1-3H3. The van der Waals surface area contributed by atoms with Crippen LogP contribution in [0.15, 0.2) is 35.7 Å². The van der Waals surface area contributed by atoms with E-state index in [1.807, 2.05) is 17.4 Å². The van der Waals surface area contributed by atoms with E-state index in [0.29, 0.717) is 0 Å². The number of hydrogen-bond acceptors (Lipinski definition) is 3. The highest BCUT2D eigenvalue weighted by molar-refractivity contribution is 7.10. The lowest BCUT2D eigenvalue weighted by atomic mass is 10.0. The fraction of sp³-hybridized carbons (Fsp3) is 0.412. The van der Waals surface area contributed by atoms with Gasteiger partial charge in [0.2, 0.25) is 0 Å². The van der Waals surface area contributed by atoms with Crippen LogP contribution in [0, 0.1) is 0 Å². The molecule has 1 atom stereocenters. The van der Waals surface area contributed by atoms with Crippen molar-refractivity contribution in [1.82, 2.24) is 5.32 Å². The van der Waals surface area contributed by atoms with Gasteiger partial charge in [0.1, 0.15) is 5.75 Å². The van der Waals surface area contributed by atoms with Crippen molar-refractivity contribution in [1.29, 1.82) is 0 Å². The molecule has 0 bridgehead atoms. The van der Waals surface area contributed by atoms with E-state index in [-0.39, 0.29) is 6.04 Å². The number of aryl methyl sites for hydroxylation is 1. The molecular formula is C17H23NOS. The van der Waals surface area contributed by atoms with Crippen LogP contribution in [0.25, 0.3) is 0 Å². The molecule has 0 spiro atoms. The molecule has 2 aromatic rings. The summed E-state index contributed by atoms with van der Waals surface area (Å²) < 4.78 is 5.36. The first-order valence-electron chi connectivity index (χ1n) is 7.23. The molecule has 0 aliphatic heterocycles. The maximum atomic E-state index is 5.36. The van der Waals surface area contributed by atoms with Gasteiger partial charge in [-0.2, -0.15) is 0 Å². The third-order valence-corrected chi connectivity index (χ3v) is 4.47. The Morgan fingerprint density at radius 1 is 1.25 bits per heavy atom. The molecule has 2 nitrogen and oxygen atoms in total. The molecular weight excluding hydrogens is 266 g/mol. The highest BCUT2D eigenvalue weighted by Gasteiger charge is 2.18. The predicted molar refractivity (Wildman–Crippen MR) is 86.8 cm³/mol. The molecule has 0 saturated carbocycles. The lowest BCUT2D eigenvalue weighted by Gasteiger charge is -2.20. The number of thiophene rings is 1. The van der Waals surface area contributed by atoms with Gasteiger partial charge in [0, 0.05) is 4.88 Å². The van der Waals surface area contributed by atoms with E-state index in [2.05, 4.69) is 48.8 Å². The minimum atomic E-state index is 0.264. The molecule has 108 valence electrons. The van der Waals surface area contributed by atoms with E-state index >= 15 is 0 Å². The number of benzene rings is 1. The van der Waals surface area contributed by atoms with E-state index < -0.39 is 0 Å². The molecule has 0 radical (unpaired) electrons. The van der Waals surface area contributed by atoms with Crippen molar-refractivity contribution in [2.45, 2.75) is 32.7 Å². The van der Waals surface area contributed by atoms with Gasteiger partial charge in [-0.05, 0) is 54.1 Å². The first-order valence-corrected chi connectivity index (χ1v) is 8.11. The summed E-state index contributed by atoms with van der Waals surface area (Å²) in [6, 6.07) is 10.9. The molecule has 3 heteroatoms. The smallest absolute Gasteiger partial charge is 0.119 e. The summed E-state index contributed by atoms with van der Waals surface area (Å²) >= 11 is 1.84. The monoisotopic (exact) mass is 289 g/mol. The molecule has 20 heavy (non-hydrogen) atoms. The van der Waals surface area contributed by atoms with Gasteiger partial charge in [-0.3, -0.25) is 0 Å². The molecule has 1 unspecified atom stereocenters. The number of ether oxygens (including phenoxy) is 1. The Morgan fingerprint density at radius 2 is 2.10 bits per heavy atom. The van der Waals surface area contributed by atoms with Gasteiger partial charge in [0.15, 0.2) is 0 Å². The van der Waals surface area contributed by atoms with Crippen LogP contribution in [0.5, 0.6) is 5.75 Å². The second-order valence-electron chi connectivity index (χ2n) is 4.83. The Bertz CT molecular complexity index is 535. The first-order chi connectivity index (χ1) is 9.80. The van der Waals surface area contributed by atoms with Crippen LogP contribution in [-0.2, 0) is 6.42 Å². The first kappa shape index (κ1) is 15.1. The maximum absolute atomic E-state index is 5.36. The second kappa shape index (κ2) is 7.46. The largest absolute Gasteiger partial charge is 0.497 e. The molecule has 0 amide bonds. The van der Waals surface area contributed by atoms with Gasteiger partial charge in [0.05, 0.1) is 13.2 Å². The zero-order chi connectivity index (χ0) is 14.4. The normalized spacial score (nSPS) is 12.3. The summed E-state index contributed by atoms with van der Waals surface area (Å²) in [5.41, 5.74) is 2.71. The van der Waals surface area contributed by atoms with Gasteiger partial charge >= 0.3 is 0 Å². The second-order valence-corrected chi connectivity index (χ2v) is 5.78. The fourth-order valence-corrected chi connectivity index (χ4v) is 3.46. The van der Waals surface area contributed by atoms with Gasteiger partial charge in [-0.25, -0.2) is 0 Å². The Hall–Kier alpha value is -1.32. The predicted octanol–water partition coefficient (Wildman–Crippen LogP) is 4.41. The topological polar surface area (TPSA) is 21.3 Å². The van der Waals surface area contributed by atoms with Crippen molar-refractivity contribution in [2.24, 2.45) is 0 Å². The molecule has 0 aliphatic rings. The van der Waals surface area contributed by atoms with Crippen LogP contribution < -0.4 is 10.1 Å². The Labute approximate surface area is 125 Å². The molecule has 1 aromatic carbocycles. The van der Waals surface area contributed by atoms with Gasteiger partial charge in [0.25, 0.3) is 0 Å². The Kier molecular flexibility index (Phi) is 5.62. The highest BCUT2D eigenvalue weighted by Crippen LogP contribution is 2.31. The molecule has 1 heterocycles. The van der Waals surface area contributed by atoms with E-state index in [1.165, 1.54) is 16.0 Å². The van der Waals surface area contributed by atoms with Crippen molar-refractivity contribution >= 4 is 11.3 Å². The van der Waals surface area contributed by atoms with Crippen molar-refractivity contribution in [3.8, 4) is 5.75 Å². The van der Waals surface area contributed by atoms with Crippen LogP contribution in [0.4, 0.5) is 0 Å². The summed E-state index contributed by atoms with van der Waals surface area (Å²) in [7, 11) is 1.72. The molecule has 0 aliphatic carbocycles. The summed E-state index contributed by atoms with van der Waals surface area (Å²) in [5, 5.41) is 5.86. The minimum absolute atomic E-state index is 0.264. The van der Waals surface area contributed by atoms with Crippen molar-refractivity contribution in [3.63, 3.8) is 0 Å². The molecule has 2 rings (SSSR count). The van der Waals surface area contributed by atoms with Gasteiger partial charge < -0.3 is 10.1 Å². The highest BCUT2D eigenvalue weighted by atomic mass is 32.1. The zero-order valence-corrected chi connectivity index (χ0v) is 13.3. The third kappa shape index (κ3) is 3.41. The molecule has 0 fully saturated rings. The molecule has 1 N–H and O–H groups in total. The quantitative estimate of drug-likeness (QED) is 0.815. The van der Waals surface area contributed by atoms with Crippen molar-refractivity contribution in [3.05, 3.63) is 51.7 Å².